The number of rotatable bonds is 5. The number of carbonyl (C=O) groups excluding carboxylic acids is 1. The van der Waals surface area contributed by atoms with E-state index in [0.717, 1.165) is 17.3 Å². The zero-order valence-electron chi connectivity index (χ0n) is 12.0. The van der Waals surface area contributed by atoms with Gasteiger partial charge < -0.3 is 0 Å². The topological polar surface area (TPSA) is 73.1 Å². The Balaban J connectivity index is 1.88. The van der Waals surface area contributed by atoms with Gasteiger partial charge in [-0.05, 0) is 30.3 Å². The van der Waals surface area contributed by atoms with Gasteiger partial charge in [0, 0.05) is 22.6 Å². The molecule has 0 aliphatic carbocycles. The minimum Gasteiger partial charge on any atom is -0.298 e. The van der Waals surface area contributed by atoms with E-state index < -0.39 is 4.92 Å². The Morgan fingerprint density at radius 3 is 2.62 bits per heavy atom. The fraction of sp³-hybridized carbons (Fsp3) is 0. The van der Waals surface area contributed by atoms with Gasteiger partial charge in [0.2, 0.25) is 0 Å². The molecule has 120 valence electrons. The highest BCUT2D eigenvalue weighted by molar-refractivity contribution is 8.01. The Labute approximate surface area is 144 Å². The van der Waals surface area contributed by atoms with Gasteiger partial charge in [-0.1, -0.05) is 17.8 Å². The van der Waals surface area contributed by atoms with Crippen molar-refractivity contribution in [1.82, 2.24) is 4.98 Å². The lowest BCUT2D eigenvalue weighted by Crippen LogP contribution is -1.92. The zero-order valence-corrected chi connectivity index (χ0v) is 13.6. The van der Waals surface area contributed by atoms with E-state index in [1.54, 1.807) is 17.5 Å². The third-order valence-electron chi connectivity index (χ3n) is 3.14. The molecule has 1 heterocycles. The Morgan fingerprint density at radius 1 is 1.21 bits per heavy atom. The van der Waals surface area contributed by atoms with Crippen molar-refractivity contribution in [1.29, 1.82) is 0 Å². The van der Waals surface area contributed by atoms with Crippen molar-refractivity contribution >= 4 is 35.1 Å². The second-order valence-corrected chi connectivity index (χ2v) is 6.86. The zero-order chi connectivity index (χ0) is 17.1. The third kappa shape index (κ3) is 3.50. The number of hydrogen-bond acceptors (Lipinski definition) is 6. The van der Waals surface area contributed by atoms with Crippen molar-refractivity contribution < 1.29 is 14.1 Å². The molecule has 8 heteroatoms. The minimum atomic E-state index is -0.524. The monoisotopic (exact) mass is 360 g/mol. The summed E-state index contributed by atoms with van der Waals surface area (Å²) in [5, 5.41) is 13.0. The van der Waals surface area contributed by atoms with Gasteiger partial charge >= 0.3 is 0 Å². The van der Waals surface area contributed by atoms with Crippen LogP contribution in [0.4, 0.5) is 10.1 Å². The van der Waals surface area contributed by atoms with Crippen LogP contribution in [0.25, 0.3) is 11.3 Å². The molecule has 24 heavy (non-hydrogen) atoms. The molecular formula is C16H9FN2O3S2. The van der Waals surface area contributed by atoms with Gasteiger partial charge in [0.15, 0.2) is 4.34 Å². The summed E-state index contributed by atoms with van der Waals surface area (Å²) >= 11 is 2.50. The van der Waals surface area contributed by atoms with E-state index in [-0.39, 0.29) is 17.1 Å². The van der Waals surface area contributed by atoms with Crippen LogP contribution in [0, 0.1) is 15.9 Å². The van der Waals surface area contributed by atoms with E-state index in [0.29, 0.717) is 21.2 Å². The molecule has 1 aromatic heterocycles. The van der Waals surface area contributed by atoms with E-state index in [4.69, 9.17) is 0 Å². The van der Waals surface area contributed by atoms with E-state index in [1.165, 1.54) is 41.7 Å². The molecule has 0 unspecified atom stereocenters. The molecule has 3 aromatic rings. The molecule has 0 atom stereocenters. The lowest BCUT2D eigenvalue weighted by Gasteiger charge is -2.01. The second kappa shape index (κ2) is 6.90. The number of carbonyl (C=O) groups is 1. The van der Waals surface area contributed by atoms with Crippen molar-refractivity contribution in [2.75, 3.05) is 0 Å². The van der Waals surface area contributed by atoms with E-state index >= 15 is 0 Å². The van der Waals surface area contributed by atoms with E-state index in [9.17, 15) is 19.3 Å². The van der Waals surface area contributed by atoms with Gasteiger partial charge in [0.1, 0.15) is 12.1 Å². The Hall–Kier alpha value is -2.58. The van der Waals surface area contributed by atoms with Gasteiger partial charge in [-0.2, -0.15) is 0 Å². The number of halogens is 1. The maximum Gasteiger partial charge on any atom is 0.284 e. The molecular weight excluding hydrogens is 351 g/mol. The van der Waals surface area contributed by atoms with E-state index in [2.05, 4.69) is 4.98 Å². The smallest absolute Gasteiger partial charge is 0.284 e. The Kier molecular flexibility index (Phi) is 4.68. The van der Waals surface area contributed by atoms with Crippen LogP contribution >= 0.6 is 23.1 Å². The molecule has 0 spiro atoms. The van der Waals surface area contributed by atoms with Gasteiger partial charge in [-0.3, -0.25) is 14.9 Å². The number of nitrogens with zero attached hydrogens (tertiary/aromatic N) is 2. The molecule has 0 aliphatic heterocycles. The number of aromatic nitrogens is 1. The summed E-state index contributed by atoms with van der Waals surface area (Å²) in [5.41, 5.74) is 1.56. The van der Waals surface area contributed by atoms with Gasteiger partial charge in [-0.25, -0.2) is 9.37 Å². The van der Waals surface area contributed by atoms with Crippen LogP contribution in [0.2, 0.25) is 0 Å². The quantitative estimate of drug-likeness (QED) is 0.370. The standard InChI is InChI=1S/C16H9FN2O3S2/c17-12-4-2-11(3-5-12)13-9-23-16(18-13)24-15-6-1-10(8-20)7-14(15)19(21)22/h1-9H. The molecule has 0 bridgehead atoms. The molecule has 0 radical (unpaired) electrons. The normalized spacial score (nSPS) is 10.5. The fourth-order valence-corrected chi connectivity index (χ4v) is 3.85. The highest BCUT2D eigenvalue weighted by Gasteiger charge is 2.17. The van der Waals surface area contributed by atoms with Crippen LogP contribution < -0.4 is 0 Å². The predicted octanol–water partition coefficient (Wildman–Crippen LogP) is 4.82. The molecule has 0 aliphatic rings. The average molecular weight is 360 g/mol. The van der Waals surface area contributed by atoms with Crippen molar-refractivity contribution in [3.8, 4) is 11.3 Å². The first-order chi connectivity index (χ1) is 11.6. The first-order valence-electron chi connectivity index (χ1n) is 6.70. The summed E-state index contributed by atoms with van der Waals surface area (Å²) in [7, 11) is 0. The number of hydrogen-bond donors (Lipinski definition) is 0. The summed E-state index contributed by atoms with van der Waals surface area (Å²) in [5.74, 6) is -0.325. The van der Waals surface area contributed by atoms with Crippen LogP contribution in [-0.4, -0.2) is 16.2 Å². The number of nitro groups is 1. The summed E-state index contributed by atoms with van der Waals surface area (Å²) in [6.07, 6.45) is 0.567. The third-order valence-corrected chi connectivity index (χ3v) is 5.14. The molecule has 2 aromatic carbocycles. The Morgan fingerprint density at radius 2 is 1.96 bits per heavy atom. The maximum atomic E-state index is 13.0. The fourth-order valence-electron chi connectivity index (χ4n) is 1.99. The average Bonchev–Trinajstić information content (AvgIpc) is 3.04. The number of benzene rings is 2. The lowest BCUT2D eigenvalue weighted by atomic mass is 10.2. The molecule has 0 saturated heterocycles. The molecule has 0 fully saturated rings. The number of thiazole rings is 1. The van der Waals surface area contributed by atoms with Crippen LogP contribution in [0.15, 0.2) is 57.1 Å². The summed E-state index contributed by atoms with van der Waals surface area (Å²) in [6.45, 7) is 0. The highest BCUT2D eigenvalue weighted by Crippen LogP contribution is 2.38. The van der Waals surface area contributed by atoms with Gasteiger partial charge in [-0.15, -0.1) is 11.3 Å². The molecule has 0 saturated carbocycles. The lowest BCUT2D eigenvalue weighted by molar-refractivity contribution is -0.387. The summed E-state index contributed by atoms with van der Waals surface area (Å²) in [6, 6.07) is 10.3. The van der Waals surface area contributed by atoms with Crippen molar-refractivity contribution in [2.24, 2.45) is 0 Å². The van der Waals surface area contributed by atoms with Crippen molar-refractivity contribution in [3.05, 3.63) is 69.3 Å². The molecule has 3 rings (SSSR count). The number of nitro benzene ring substituents is 1. The minimum absolute atomic E-state index is 0.136. The first kappa shape index (κ1) is 16.3. The van der Waals surface area contributed by atoms with Crippen LogP contribution in [0.1, 0.15) is 10.4 Å². The van der Waals surface area contributed by atoms with Crippen molar-refractivity contribution in [2.45, 2.75) is 9.24 Å². The second-order valence-electron chi connectivity index (χ2n) is 4.71. The van der Waals surface area contributed by atoms with Gasteiger partial charge in [0.05, 0.1) is 15.5 Å². The number of aldehydes is 1. The predicted molar refractivity (Wildman–Crippen MR) is 90.1 cm³/mol. The molecule has 5 nitrogen and oxygen atoms in total. The first-order valence-corrected chi connectivity index (χ1v) is 8.39. The SMILES string of the molecule is O=Cc1ccc(Sc2nc(-c3ccc(F)cc3)cs2)c([N+](=O)[O-])c1. The van der Waals surface area contributed by atoms with Crippen LogP contribution in [0.5, 0.6) is 0 Å². The molecule has 0 amide bonds. The maximum absolute atomic E-state index is 13.0. The largest absolute Gasteiger partial charge is 0.298 e. The van der Waals surface area contributed by atoms with Crippen molar-refractivity contribution in [3.63, 3.8) is 0 Å². The van der Waals surface area contributed by atoms with Crippen LogP contribution in [0.3, 0.4) is 0 Å². The molecule has 0 N–H and O–H groups in total. The van der Waals surface area contributed by atoms with Crippen LogP contribution in [-0.2, 0) is 0 Å². The summed E-state index contributed by atoms with van der Waals surface area (Å²) in [4.78, 5) is 26.2. The summed E-state index contributed by atoms with van der Waals surface area (Å²) < 4.78 is 13.6. The van der Waals surface area contributed by atoms with E-state index in [1.807, 2.05) is 0 Å². The van der Waals surface area contributed by atoms with Gasteiger partial charge in [0.25, 0.3) is 5.69 Å². The highest BCUT2D eigenvalue weighted by atomic mass is 32.2. The Bertz CT molecular complexity index is 910.